The summed E-state index contributed by atoms with van der Waals surface area (Å²) in [6.45, 7) is 6.75. The minimum absolute atomic E-state index is 0.588. The van der Waals surface area contributed by atoms with E-state index in [1.165, 1.54) is 0 Å². The highest BCUT2D eigenvalue weighted by molar-refractivity contribution is 5.55. The second kappa shape index (κ2) is 6.51. The minimum atomic E-state index is 0.588. The largest absolute Gasteiger partial charge is 0.478 e. The first-order chi connectivity index (χ1) is 12.2. The van der Waals surface area contributed by atoms with Gasteiger partial charge in [-0.3, -0.25) is 0 Å². The Labute approximate surface area is 146 Å². The molecule has 1 aromatic carbocycles. The molecule has 0 saturated heterocycles. The van der Waals surface area contributed by atoms with Gasteiger partial charge in [0.1, 0.15) is 11.6 Å². The summed E-state index contributed by atoms with van der Waals surface area (Å²) in [5, 5.41) is 8.78. The standard InChI is InChI=1S/C18H20N6O/c1-3-25-17-11-15(19-13(2)20-17)23-9-10-24-16(12-23)21-22-18(24)14-7-5-4-6-8-14/h4-8,11H,3,9-10,12H2,1-2H3. The first kappa shape index (κ1) is 15.6. The lowest BCUT2D eigenvalue weighted by molar-refractivity contribution is 0.325. The van der Waals surface area contributed by atoms with Crippen LogP contribution in [-0.2, 0) is 13.1 Å². The molecule has 7 nitrogen and oxygen atoms in total. The molecule has 0 aliphatic carbocycles. The Morgan fingerprint density at radius 2 is 1.92 bits per heavy atom. The minimum Gasteiger partial charge on any atom is -0.478 e. The van der Waals surface area contributed by atoms with Crippen LogP contribution in [0.3, 0.4) is 0 Å². The Balaban J connectivity index is 1.61. The van der Waals surface area contributed by atoms with Crippen molar-refractivity contribution in [2.75, 3.05) is 18.1 Å². The van der Waals surface area contributed by atoms with Crippen molar-refractivity contribution in [1.82, 2.24) is 24.7 Å². The molecule has 128 valence electrons. The molecule has 0 radical (unpaired) electrons. The van der Waals surface area contributed by atoms with Crippen LogP contribution in [0.25, 0.3) is 11.4 Å². The van der Waals surface area contributed by atoms with E-state index in [0.29, 0.717) is 24.9 Å². The number of rotatable bonds is 4. The summed E-state index contributed by atoms with van der Waals surface area (Å²) < 4.78 is 7.72. The van der Waals surface area contributed by atoms with Gasteiger partial charge in [0.2, 0.25) is 5.88 Å². The average molecular weight is 336 g/mol. The van der Waals surface area contributed by atoms with Gasteiger partial charge in [0.15, 0.2) is 11.6 Å². The molecule has 2 aromatic heterocycles. The van der Waals surface area contributed by atoms with Gasteiger partial charge in [0, 0.05) is 24.7 Å². The molecule has 0 bridgehead atoms. The Morgan fingerprint density at radius 3 is 2.72 bits per heavy atom. The molecule has 0 atom stereocenters. The molecule has 7 heteroatoms. The van der Waals surface area contributed by atoms with Crippen LogP contribution in [0.1, 0.15) is 18.6 Å². The van der Waals surface area contributed by atoms with Gasteiger partial charge in [-0.05, 0) is 13.8 Å². The van der Waals surface area contributed by atoms with E-state index in [1.54, 1.807) is 0 Å². The highest BCUT2D eigenvalue weighted by Gasteiger charge is 2.23. The van der Waals surface area contributed by atoms with Gasteiger partial charge >= 0.3 is 0 Å². The number of ether oxygens (including phenoxy) is 1. The second-order valence-electron chi connectivity index (χ2n) is 5.92. The summed E-state index contributed by atoms with van der Waals surface area (Å²) in [4.78, 5) is 11.1. The predicted molar refractivity (Wildman–Crippen MR) is 94.4 cm³/mol. The van der Waals surface area contributed by atoms with Gasteiger partial charge < -0.3 is 14.2 Å². The summed E-state index contributed by atoms with van der Waals surface area (Å²) in [6, 6.07) is 12.1. The Bertz CT molecular complexity index is 877. The van der Waals surface area contributed by atoms with Crippen molar-refractivity contribution < 1.29 is 4.74 Å². The molecule has 4 rings (SSSR count). The number of anilines is 1. The fourth-order valence-electron chi connectivity index (χ4n) is 3.06. The van der Waals surface area contributed by atoms with E-state index in [2.05, 4.69) is 41.8 Å². The monoisotopic (exact) mass is 336 g/mol. The highest BCUT2D eigenvalue weighted by atomic mass is 16.5. The van der Waals surface area contributed by atoms with Crippen LogP contribution in [-0.4, -0.2) is 37.9 Å². The van der Waals surface area contributed by atoms with Gasteiger partial charge in [0.05, 0.1) is 13.2 Å². The highest BCUT2D eigenvalue weighted by Crippen LogP contribution is 2.25. The second-order valence-corrected chi connectivity index (χ2v) is 5.92. The lowest BCUT2D eigenvalue weighted by Crippen LogP contribution is -2.34. The van der Waals surface area contributed by atoms with E-state index >= 15 is 0 Å². The van der Waals surface area contributed by atoms with Crippen LogP contribution in [0, 0.1) is 6.92 Å². The molecule has 0 unspecified atom stereocenters. The van der Waals surface area contributed by atoms with E-state index in [1.807, 2.05) is 38.1 Å². The van der Waals surface area contributed by atoms with Crippen LogP contribution in [0.5, 0.6) is 5.88 Å². The number of fused-ring (bicyclic) bond motifs is 1. The van der Waals surface area contributed by atoms with Gasteiger partial charge in [-0.1, -0.05) is 30.3 Å². The maximum atomic E-state index is 5.54. The molecule has 0 spiro atoms. The van der Waals surface area contributed by atoms with Crippen LogP contribution >= 0.6 is 0 Å². The summed E-state index contributed by atoms with van der Waals surface area (Å²) in [6.07, 6.45) is 0. The van der Waals surface area contributed by atoms with E-state index in [4.69, 9.17) is 4.74 Å². The summed E-state index contributed by atoms with van der Waals surface area (Å²) in [5.41, 5.74) is 1.09. The molecular formula is C18H20N6O. The third kappa shape index (κ3) is 3.05. The van der Waals surface area contributed by atoms with Gasteiger partial charge in [-0.25, -0.2) is 4.98 Å². The van der Waals surface area contributed by atoms with Crippen molar-refractivity contribution >= 4 is 5.82 Å². The summed E-state index contributed by atoms with van der Waals surface area (Å²) in [7, 11) is 0. The van der Waals surface area contributed by atoms with Crippen molar-refractivity contribution in [2.24, 2.45) is 0 Å². The lowest BCUT2D eigenvalue weighted by Gasteiger charge is -2.29. The number of hydrogen-bond acceptors (Lipinski definition) is 6. The molecule has 25 heavy (non-hydrogen) atoms. The first-order valence-corrected chi connectivity index (χ1v) is 8.45. The number of hydrogen-bond donors (Lipinski definition) is 0. The van der Waals surface area contributed by atoms with E-state index in [0.717, 1.165) is 36.1 Å². The molecule has 0 fully saturated rings. The molecule has 0 saturated carbocycles. The normalized spacial score (nSPS) is 13.6. The van der Waals surface area contributed by atoms with Gasteiger partial charge in [0.25, 0.3) is 0 Å². The quantitative estimate of drug-likeness (QED) is 0.729. The maximum absolute atomic E-state index is 5.54. The van der Waals surface area contributed by atoms with Crippen molar-refractivity contribution in [2.45, 2.75) is 26.9 Å². The average Bonchev–Trinajstić information content (AvgIpc) is 3.05. The fourth-order valence-corrected chi connectivity index (χ4v) is 3.06. The van der Waals surface area contributed by atoms with Crippen molar-refractivity contribution in [3.8, 4) is 17.3 Å². The molecular weight excluding hydrogens is 316 g/mol. The van der Waals surface area contributed by atoms with Crippen LogP contribution in [0.2, 0.25) is 0 Å². The number of aryl methyl sites for hydroxylation is 1. The molecule has 3 heterocycles. The van der Waals surface area contributed by atoms with Crippen molar-refractivity contribution in [3.63, 3.8) is 0 Å². The summed E-state index contributed by atoms with van der Waals surface area (Å²) >= 11 is 0. The van der Waals surface area contributed by atoms with E-state index < -0.39 is 0 Å². The number of nitrogens with zero attached hydrogens (tertiary/aromatic N) is 6. The van der Waals surface area contributed by atoms with Crippen molar-refractivity contribution in [1.29, 1.82) is 0 Å². The zero-order valence-electron chi connectivity index (χ0n) is 14.4. The Morgan fingerprint density at radius 1 is 1.08 bits per heavy atom. The third-order valence-corrected chi connectivity index (χ3v) is 4.20. The zero-order chi connectivity index (χ0) is 17.2. The SMILES string of the molecule is CCOc1cc(N2CCn3c(nnc3-c3ccccc3)C2)nc(C)n1. The maximum Gasteiger partial charge on any atom is 0.218 e. The lowest BCUT2D eigenvalue weighted by atomic mass is 10.2. The Kier molecular flexibility index (Phi) is 4.05. The Hall–Kier alpha value is -2.96. The van der Waals surface area contributed by atoms with Gasteiger partial charge in [-0.15, -0.1) is 10.2 Å². The third-order valence-electron chi connectivity index (χ3n) is 4.20. The van der Waals surface area contributed by atoms with Crippen molar-refractivity contribution in [3.05, 3.63) is 48.0 Å². The van der Waals surface area contributed by atoms with E-state index in [-0.39, 0.29) is 0 Å². The zero-order valence-corrected chi connectivity index (χ0v) is 14.4. The van der Waals surface area contributed by atoms with E-state index in [9.17, 15) is 0 Å². The number of aromatic nitrogens is 5. The fraction of sp³-hybridized carbons (Fsp3) is 0.333. The predicted octanol–water partition coefficient (Wildman–Crippen LogP) is 2.46. The first-order valence-electron chi connectivity index (χ1n) is 8.45. The van der Waals surface area contributed by atoms with Crippen LogP contribution in [0.15, 0.2) is 36.4 Å². The topological polar surface area (TPSA) is 69.0 Å². The molecule has 0 N–H and O–H groups in total. The molecule has 3 aromatic rings. The molecule has 1 aliphatic heterocycles. The van der Waals surface area contributed by atoms with Crippen LogP contribution < -0.4 is 9.64 Å². The van der Waals surface area contributed by atoms with Crippen LogP contribution in [0.4, 0.5) is 5.82 Å². The smallest absolute Gasteiger partial charge is 0.218 e. The van der Waals surface area contributed by atoms with Gasteiger partial charge in [-0.2, -0.15) is 4.98 Å². The molecule has 1 aliphatic rings. The molecule has 0 amide bonds. The number of benzene rings is 1. The summed E-state index contributed by atoms with van der Waals surface area (Å²) in [5.74, 6) is 4.05.